The van der Waals surface area contributed by atoms with Crippen LogP contribution in [0.1, 0.15) is 18.4 Å². The molecule has 2 aromatic rings. The van der Waals surface area contributed by atoms with Crippen molar-refractivity contribution in [2.45, 2.75) is 25.8 Å². The van der Waals surface area contributed by atoms with Gasteiger partial charge in [-0.3, -0.25) is 9.59 Å². The van der Waals surface area contributed by atoms with Crippen molar-refractivity contribution >= 4 is 23.5 Å². The van der Waals surface area contributed by atoms with Crippen molar-refractivity contribution in [1.29, 1.82) is 0 Å². The summed E-state index contributed by atoms with van der Waals surface area (Å²) in [6.45, 7) is 3.17. The molecule has 0 unspecified atom stereocenters. The van der Waals surface area contributed by atoms with E-state index in [1.165, 1.54) is 4.90 Å². The number of imide groups is 1. The van der Waals surface area contributed by atoms with Crippen LogP contribution in [0.2, 0.25) is 0 Å². The van der Waals surface area contributed by atoms with Gasteiger partial charge in [-0.15, -0.1) is 0 Å². The first-order valence-corrected chi connectivity index (χ1v) is 10.2. The minimum Gasteiger partial charge on any atom is -0.484 e. The number of rotatable bonds is 5. The molecule has 0 atom stereocenters. The van der Waals surface area contributed by atoms with E-state index in [1.54, 1.807) is 34.1 Å². The topological polar surface area (TPSA) is 70.2 Å². The van der Waals surface area contributed by atoms with Gasteiger partial charge in [0.15, 0.2) is 6.61 Å². The molecule has 4 rings (SSSR count). The first-order valence-electron chi connectivity index (χ1n) is 10.2. The van der Waals surface area contributed by atoms with E-state index in [1.807, 2.05) is 37.3 Å². The van der Waals surface area contributed by atoms with Gasteiger partial charge in [-0.2, -0.15) is 0 Å². The Kier molecular flexibility index (Phi) is 5.70. The number of para-hydroxylation sites is 1. The number of aryl methyl sites for hydroxylation is 1. The minimum atomic E-state index is -0.279. The predicted molar refractivity (Wildman–Crippen MR) is 112 cm³/mol. The van der Waals surface area contributed by atoms with Crippen LogP contribution in [0.25, 0.3) is 0 Å². The van der Waals surface area contributed by atoms with E-state index in [4.69, 9.17) is 4.74 Å². The molecule has 2 aliphatic rings. The van der Waals surface area contributed by atoms with Crippen molar-refractivity contribution in [3.8, 4) is 5.75 Å². The normalized spacial score (nSPS) is 17.6. The lowest BCUT2D eigenvalue weighted by molar-refractivity contribution is -0.134. The molecule has 0 radical (unpaired) electrons. The van der Waals surface area contributed by atoms with Crippen molar-refractivity contribution in [2.75, 3.05) is 31.1 Å². The fraction of sp³-hybridized carbons (Fsp3) is 0.348. The maximum Gasteiger partial charge on any atom is 0.332 e. The Hall–Kier alpha value is -3.35. The Morgan fingerprint density at radius 3 is 2.33 bits per heavy atom. The lowest BCUT2D eigenvalue weighted by Crippen LogP contribution is -2.49. The fourth-order valence-corrected chi connectivity index (χ4v) is 3.93. The molecule has 0 N–H and O–H groups in total. The first-order chi connectivity index (χ1) is 14.5. The molecular formula is C23H25N3O4. The molecule has 0 bridgehead atoms. The summed E-state index contributed by atoms with van der Waals surface area (Å²) >= 11 is 0. The summed E-state index contributed by atoms with van der Waals surface area (Å²) in [5, 5.41) is 0. The predicted octanol–water partition coefficient (Wildman–Crippen LogP) is 2.83. The number of piperidine rings is 1. The highest BCUT2D eigenvalue weighted by Crippen LogP contribution is 2.26. The van der Waals surface area contributed by atoms with E-state index in [0.29, 0.717) is 37.4 Å². The summed E-state index contributed by atoms with van der Waals surface area (Å²) in [6.07, 6.45) is 1.30. The summed E-state index contributed by atoms with van der Waals surface area (Å²) in [7, 11) is 0. The van der Waals surface area contributed by atoms with Crippen LogP contribution in [0.4, 0.5) is 10.5 Å². The number of hydrogen-bond acceptors (Lipinski definition) is 4. The van der Waals surface area contributed by atoms with Crippen LogP contribution in [0.3, 0.4) is 0 Å². The molecule has 2 fully saturated rings. The number of carbonyl (C=O) groups excluding carboxylic acids is 3. The van der Waals surface area contributed by atoms with E-state index in [-0.39, 0.29) is 37.0 Å². The zero-order chi connectivity index (χ0) is 21.1. The Morgan fingerprint density at radius 1 is 1.00 bits per heavy atom. The first kappa shape index (κ1) is 19.9. The third-order valence-corrected chi connectivity index (χ3v) is 5.65. The van der Waals surface area contributed by atoms with Gasteiger partial charge in [-0.25, -0.2) is 9.69 Å². The molecule has 2 aromatic carbocycles. The number of urea groups is 1. The van der Waals surface area contributed by atoms with Gasteiger partial charge in [0, 0.05) is 19.1 Å². The summed E-state index contributed by atoms with van der Waals surface area (Å²) in [6, 6.07) is 16.2. The SMILES string of the molecule is Cc1ccc(OCC(=O)N2CCC(N3CC(=O)N(c4ccccc4)C3=O)CC2)cc1. The third-order valence-electron chi connectivity index (χ3n) is 5.65. The molecule has 7 nitrogen and oxygen atoms in total. The summed E-state index contributed by atoms with van der Waals surface area (Å²) in [5.74, 6) is 0.394. The highest BCUT2D eigenvalue weighted by atomic mass is 16.5. The van der Waals surface area contributed by atoms with Gasteiger partial charge in [-0.05, 0) is 44.0 Å². The van der Waals surface area contributed by atoms with E-state index in [0.717, 1.165) is 5.56 Å². The van der Waals surface area contributed by atoms with Crippen LogP contribution in [-0.2, 0) is 9.59 Å². The summed E-state index contributed by atoms with van der Waals surface area (Å²) < 4.78 is 5.59. The number of anilines is 1. The van der Waals surface area contributed by atoms with Gasteiger partial charge in [0.2, 0.25) is 0 Å². The van der Waals surface area contributed by atoms with Crippen molar-refractivity contribution in [3.05, 3.63) is 60.2 Å². The molecule has 4 amide bonds. The monoisotopic (exact) mass is 407 g/mol. The molecule has 0 saturated carbocycles. The average molecular weight is 407 g/mol. The van der Waals surface area contributed by atoms with E-state index in [2.05, 4.69) is 0 Å². The highest BCUT2D eigenvalue weighted by Gasteiger charge is 2.41. The summed E-state index contributed by atoms with van der Waals surface area (Å²) in [5.41, 5.74) is 1.73. The molecule has 7 heteroatoms. The van der Waals surface area contributed by atoms with Gasteiger partial charge in [0.25, 0.3) is 11.8 Å². The number of likely N-dealkylation sites (tertiary alicyclic amines) is 1. The molecule has 30 heavy (non-hydrogen) atoms. The third kappa shape index (κ3) is 4.15. The number of amides is 4. The second-order valence-electron chi connectivity index (χ2n) is 7.69. The van der Waals surface area contributed by atoms with Crippen LogP contribution in [-0.4, -0.2) is 59.9 Å². The van der Waals surface area contributed by atoms with Crippen molar-refractivity contribution in [1.82, 2.24) is 9.80 Å². The Labute approximate surface area is 175 Å². The molecule has 0 spiro atoms. The Bertz CT molecular complexity index is 921. The van der Waals surface area contributed by atoms with Crippen LogP contribution < -0.4 is 9.64 Å². The quantitative estimate of drug-likeness (QED) is 0.715. The fourth-order valence-electron chi connectivity index (χ4n) is 3.93. The average Bonchev–Trinajstić information content (AvgIpc) is 3.07. The van der Waals surface area contributed by atoms with E-state index < -0.39 is 0 Å². The molecule has 2 heterocycles. The maximum absolute atomic E-state index is 12.8. The number of nitrogens with zero attached hydrogens (tertiary/aromatic N) is 3. The molecule has 0 aliphatic carbocycles. The summed E-state index contributed by atoms with van der Waals surface area (Å²) in [4.78, 5) is 42.4. The van der Waals surface area contributed by atoms with Gasteiger partial charge in [0.05, 0.1) is 5.69 Å². The number of carbonyl (C=O) groups is 3. The van der Waals surface area contributed by atoms with Crippen LogP contribution in [0, 0.1) is 6.92 Å². The molecule has 2 saturated heterocycles. The van der Waals surface area contributed by atoms with Gasteiger partial charge >= 0.3 is 6.03 Å². The second-order valence-corrected chi connectivity index (χ2v) is 7.69. The van der Waals surface area contributed by atoms with Crippen LogP contribution in [0.5, 0.6) is 5.75 Å². The van der Waals surface area contributed by atoms with E-state index >= 15 is 0 Å². The standard InChI is InChI=1S/C23H25N3O4/c1-17-7-9-20(10-8-17)30-16-22(28)24-13-11-18(12-14-24)25-15-21(27)26(23(25)29)19-5-3-2-4-6-19/h2-10,18H,11-16H2,1H3. The molecule has 2 aliphatic heterocycles. The van der Waals surface area contributed by atoms with Crippen LogP contribution >= 0.6 is 0 Å². The van der Waals surface area contributed by atoms with Crippen molar-refractivity contribution in [2.24, 2.45) is 0 Å². The van der Waals surface area contributed by atoms with Gasteiger partial charge in [-0.1, -0.05) is 35.9 Å². The number of hydrogen-bond donors (Lipinski definition) is 0. The lowest BCUT2D eigenvalue weighted by atomic mass is 10.0. The second kappa shape index (κ2) is 8.57. The smallest absolute Gasteiger partial charge is 0.332 e. The zero-order valence-corrected chi connectivity index (χ0v) is 17.0. The van der Waals surface area contributed by atoms with Gasteiger partial charge in [0.1, 0.15) is 12.3 Å². The Morgan fingerprint density at radius 2 is 1.67 bits per heavy atom. The molecule has 0 aromatic heterocycles. The number of benzene rings is 2. The van der Waals surface area contributed by atoms with Gasteiger partial charge < -0.3 is 14.5 Å². The molecule has 156 valence electrons. The number of ether oxygens (including phenoxy) is 1. The molecular weight excluding hydrogens is 382 g/mol. The largest absolute Gasteiger partial charge is 0.484 e. The minimum absolute atomic E-state index is 0.00333. The van der Waals surface area contributed by atoms with Crippen molar-refractivity contribution < 1.29 is 19.1 Å². The van der Waals surface area contributed by atoms with Crippen molar-refractivity contribution in [3.63, 3.8) is 0 Å². The highest BCUT2D eigenvalue weighted by molar-refractivity contribution is 6.19. The Balaban J connectivity index is 1.30. The van der Waals surface area contributed by atoms with Crippen LogP contribution in [0.15, 0.2) is 54.6 Å². The van der Waals surface area contributed by atoms with E-state index in [9.17, 15) is 14.4 Å². The zero-order valence-electron chi connectivity index (χ0n) is 17.0. The maximum atomic E-state index is 12.8. The lowest BCUT2D eigenvalue weighted by Gasteiger charge is -2.36.